The van der Waals surface area contributed by atoms with Gasteiger partial charge in [-0.15, -0.1) is 22.7 Å². The second-order valence-electron chi connectivity index (χ2n) is 5.51. The van der Waals surface area contributed by atoms with Crippen LogP contribution in [-0.2, 0) is 17.6 Å². The van der Waals surface area contributed by atoms with E-state index in [0.717, 1.165) is 29.7 Å². The zero-order valence-corrected chi connectivity index (χ0v) is 13.9. The third-order valence-electron chi connectivity index (χ3n) is 3.80. The first kappa shape index (κ1) is 15.0. The Kier molecular flexibility index (Phi) is 4.41. The molecule has 2 aromatic heterocycles. The second kappa shape index (κ2) is 6.47. The van der Waals surface area contributed by atoms with Crippen molar-refractivity contribution in [3.05, 3.63) is 44.5 Å². The molecule has 1 atom stereocenters. The van der Waals surface area contributed by atoms with Crippen LogP contribution in [0.4, 0.5) is 5.00 Å². The largest absolute Gasteiger partial charge is 0.313 e. The van der Waals surface area contributed by atoms with Crippen molar-refractivity contribution in [1.29, 1.82) is 5.26 Å². The third kappa shape index (κ3) is 3.13. The predicted molar refractivity (Wildman–Crippen MR) is 92.2 cm³/mol. The van der Waals surface area contributed by atoms with Crippen LogP contribution in [0.5, 0.6) is 0 Å². The average Bonchev–Trinajstić information content (AvgIpc) is 3.11. The lowest BCUT2D eigenvalue weighted by molar-refractivity contribution is -0.111. The molecule has 0 aromatic carbocycles. The van der Waals surface area contributed by atoms with E-state index in [4.69, 9.17) is 0 Å². The SMILES string of the molecule is C[C@@H]1CCc2c(sc(NC(=O)/C=C/c3cccs3)c2C#N)C1. The van der Waals surface area contributed by atoms with Crippen LogP contribution < -0.4 is 5.32 Å². The summed E-state index contributed by atoms with van der Waals surface area (Å²) in [5, 5.41) is 15.0. The number of amides is 1. The van der Waals surface area contributed by atoms with Gasteiger partial charge in [-0.3, -0.25) is 4.79 Å². The quantitative estimate of drug-likeness (QED) is 0.846. The summed E-state index contributed by atoms with van der Waals surface area (Å²) in [5.74, 6) is 0.469. The number of nitrogens with one attached hydrogen (secondary N) is 1. The molecule has 112 valence electrons. The van der Waals surface area contributed by atoms with Crippen LogP contribution in [0.25, 0.3) is 6.08 Å². The van der Waals surface area contributed by atoms with Crippen molar-refractivity contribution in [3.63, 3.8) is 0 Å². The molecule has 0 fully saturated rings. The highest BCUT2D eigenvalue weighted by Crippen LogP contribution is 2.39. The van der Waals surface area contributed by atoms with Crippen molar-refractivity contribution in [2.45, 2.75) is 26.2 Å². The van der Waals surface area contributed by atoms with Crippen molar-refractivity contribution in [3.8, 4) is 6.07 Å². The first-order chi connectivity index (χ1) is 10.7. The molecule has 1 aliphatic carbocycles. The number of rotatable bonds is 3. The van der Waals surface area contributed by atoms with Gasteiger partial charge >= 0.3 is 0 Å². The topological polar surface area (TPSA) is 52.9 Å². The fraction of sp³-hybridized carbons (Fsp3) is 0.294. The van der Waals surface area contributed by atoms with Crippen LogP contribution in [0.1, 0.15) is 34.2 Å². The third-order valence-corrected chi connectivity index (χ3v) is 5.81. The van der Waals surface area contributed by atoms with E-state index in [1.54, 1.807) is 28.7 Å². The molecule has 0 unspecified atom stereocenters. The van der Waals surface area contributed by atoms with E-state index in [1.165, 1.54) is 11.0 Å². The lowest BCUT2D eigenvalue weighted by Crippen LogP contribution is -2.10. The van der Waals surface area contributed by atoms with Gasteiger partial charge in [-0.05, 0) is 48.3 Å². The van der Waals surface area contributed by atoms with Crippen LogP contribution >= 0.6 is 22.7 Å². The summed E-state index contributed by atoms with van der Waals surface area (Å²) in [6.07, 6.45) is 6.38. The summed E-state index contributed by atoms with van der Waals surface area (Å²) in [6, 6.07) is 6.17. The average molecular weight is 328 g/mol. The molecule has 2 aromatic rings. The van der Waals surface area contributed by atoms with Gasteiger partial charge in [0.25, 0.3) is 0 Å². The van der Waals surface area contributed by atoms with Crippen molar-refractivity contribution in [2.24, 2.45) is 5.92 Å². The van der Waals surface area contributed by atoms with E-state index in [0.29, 0.717) is 16.5 Å². The summed E-state index contributed by atoms with van der Waals surface area (Å²) in [7, 11) is 0. The molecule has 1 amide bonds. The minimum absolute atomic E-state index is 0.184. The van der Waals surface area contributed by atoms with Crippen LogP contribution in [0.3, 0.4) is 0 Å². The van der Waals surface area contributed by atoms with Gasteiger partial charge in [0.2, 0.25) is 5.91 Å². The highest BCUT2D eigenvalue weighted by Gasteiger charge is 2.24. The van der Waals surface area contributed by atoms with Crippen LogP contribution in [-0.4, -0.2) is 5.91 Å². The Bertz CT molecular complexity index is 750. The molecule has 0 radical (unpaired) electrons. The molecule has 3 nitrogen and oxygen atoms in total. The summed E-state index contributed by atoms with van der Waals surface area (Å²) in [4.78, 5) is 14.4. The molecule has 0 bridgehead atoms. The van der Waals surface area contributed by atoms with Crippen LogP contribution in [0.2, 0.25) is 0 Å². The van der Waals surface area contributed by atoms with Gasteiger partial charge in [0, 0.05) is 15.8 Å². The molecular formula is C17H16N2OS2. The van der Waals surface area contributed by atoms with E-state index in [-0.39, 0.29) is 5.91 Å². The van der Waals surface area contributed by atoms with Crippen LogP contribution in [0, 0.1) is 17.2 Å². The van der Waals surface area contributed by atoms with Gasteiger partial charge in [-0.1, -0.05) is 13.0 Å². The highest BCUT2D eigenvalue weighted by atomic mass is 32.1. The van der Waals surface area contributed by atoms with E-state index in [9.17, 15) is 10.1 Å². The minimum Gasteiger partial charge on any atom is -0.313 e. The molecule has 1 N–H and O–H groups in total. The molecule has 3 rings (SSSR count). The molecule has 1 aliphatic rings. The lowest BCUT2D eigenvalue weighted by Gasteiger charge is -2.17. The van der Waals surface area contributed by atoms with Crippen molar-refractivity contribution in [2.75, 3.05) is 5.32 Å². The summed E-state index contributed by atoms with van der Waals surface area (Å²) in [5.41, 5.74) is 1.80. The van der Waals surface area contributed by atoms with Gasteiger partial charge < -0.3 is 5.32 Å². The fourth-order valence-electron chi connectivity index (χ4n) is 2.65. The minimum atomic E-state index is -0.184. The Morgan fingerprint density at radius 1 is 1.55 bits per heavy atom. The highest BCUT2D eigenvalue weighted by molar-refractivity contribution is 7.16. The van der Waals surface area contributed by atoms with E-state index in [2.05, 4.69) is 18.3 Å². The summed E-state index contributed by atoms with van der Waals surface area (Å²) >= 11 is 3.14. The molecular weight excluding hydrogens is 312 g/mol. The first-order valence-corrected chi connectivity index (χ1v) is 8.94. The molecule has 0 spiro atoms. The number of hydrogen-bond donors (Lipinski definition) is 1. The molecule has 22 heavy (non-hydrogen) atoms. The monoisotopic (exact) mass is 328 g/mol. The maximum atomic E-state index is 12.1. The fourth-order valence-corrected chi connectivity index (χ4v) is 4.64. The van der Waals surface area contributed by atoms with Gasteiger partial charge in [0.15, 0.2) is 0 Å². The van der Waals surface area contributed by atoms with Gasteiger partial charge in [0.1, 0.15) is 11.1 Å². The van der Waals surface area contributed by atoms with Crippen LogP contribution in [0.15, 0.2) is 23.6 Å². The zero-order valence-electron chi connectivity index (χ0n) is 12.3. The van der Waals surface area contributed by atoms with Crippen molar-refractivity contribution in [1.82, 2.24) is 0 Å². The summed E-state index contributed by atoms with van der Waals surface area (Å²) < 4.78 is 0. The predicted octanol–water partition coefficient (Wildman–Crippen LogP) is 4.46. The number of nitrogens with zero attached hydrogens (tertiary/aromatic N) is 1. The number of hydrogen-bond acceptors (Lipinski definition) is 4. The molecule has 2 heterocycles. The van der Waals surface area contributed by atoms with Crippen molar-refractivity contribution >= 4 is 39.7 Å². The molecule has 0 saturated carbocycles. The molecule has 0 saturated heterocycles. The van der Waals surface area contributed by atoms with E-state index in [1.807, 2.05) is 17.5 Å². The number of anilines is 1. The van der Waals surface area contributed by atoms with Gasteiger partial charge in [-0.25, -0.2) is 0 Å². The van der Waals surface area contributed by atoms with E-state index < -0.39 is 0 Å². The smallest absolute Gasteiger partial charge is 0.249 e. The number of thiophene rings is 2. The Balaban J connectivity index is 1.78. The second-order valence-corrected chi connectivity index (χ2v) is 7.59. The first-order valence-electron chi connectivity index (χ1n) is 7.24. The Morgan fingerprint density at radius 2 is 2.41 bits per heavy atom. The van der Waals surface area contributed by atoms with Crippen molar-refractivity contribution < 1.29 is 4.79 Å². The Morgan fingerprint density at radius 3 is 3.14 bits per heavy atom. The molecule has 0 aliphatic heterocycles. The maximum Gasteiger partial charge on any atom is 0.249 e. The normalized spacial score (nSPS) is 17.2. The Hall–Kier alpha value is -1.90. The number of carbonyl (C=O) groups is 1. The van der Waals surface area contributed by atoms with Gasteiger partial charge in [0.05, 0.1) is 5.56 Å². The Labute approximate surface area is 137 Å². The van der Waals surface area contributed by atoms with E-state index >= 15 is 0 Å². The number of fused-ring (bicyclic) bond motifs is 1. The number of carbonyl (C=O) groups excluding carboxylic acids is 1. The number of nitriles is 1. The summed E-state index contributed by atoms with van der Waals surface area (Å²) in [6.45, 7) is 2.23. The maximum absolute atomic E-state index is 12.1. The standard InChI is InChI=1S/C17H16N2OS2/c1-11-4-6-13-14(10-18)17(22-15(13)9-11)19-16(20)7-5-12-3-2-8-21-12/h2-3,5,7-8,11H,4,6,9H2,1H3,(H,19,20)/b7-5+/t11-/m1/s1. The zero-order chi connectivity index (χ0) is 15.5. The lowest BCUT2D eigenvalue weighted by atomic mass is 9.89. The molecule has 5 heteroatoms. The van der Waals surface area contributed by atoms with Gasteiger partial charge in [-0.2, -0.15) is 5.26 Å².